The standard InChI is InChI=1S/2C2H4NO.Ga.H/c2*1-2(3)4;;/h2*1H2,(H2,3,4);;. The van der Waals surface area contributed by atoms with E-state index in [1.54, 1.807) is 0 Å². The second-order valence-electron chi connectivity index (χ2n) is 1.79. The van der Waals surface area contributed by atoms with Crippen LogP contribution in [0.2, 0.25) is 9.95 Å². The van der Waals surface area contributed by atoms with Crippen LogP contribution in [0.5, 0.6) is 0 Å². The molecule has 0 aliphatic carbocycles. The van der Waals surface area contributed by atoms with Gasteiger partial charge in [-0.2, -0.15) is 0 Å². The molecule has 0 aliphatic rings. The molecule has 5 heteroatoms. The third kappa shape index (κ3) is 7.58. The molecular weight excluding hydrogens is 178 g/mol. The summed E-state index contributed by atoms with van der Waals surface area (Å²) >= 11 is -1.02. The van der Waals surface area contributed by atoms with Crippen LogP contribution >= 0.6 is 0 Å². The molecule has 0 aromatic heterocycles. The predicted octanol–water partition coefficient (Wildman–Crippen LogP) is -1.77. The van der Waals surface area contributed by atoms with Gasteiger partial charge in [0.15, 0.2) is 0 Å². The average molecular weight is 187 g/mol. The van der Waals surface area contributed by atoms with E-state index in [-0.39, 0.29) is 11.8 Å². The number of nitrogens with two attached hydrogens (primary N) is 2. The van der Waals surface area contributed by atoms with Crippen molar-refractivity contribution in [3.63, 3.8) is 0 Å². The molecule has 0 atom stereocenters. The third-order valence-electron chi connectivity index (χ3n) is 0.846. The summed E-state index contributed by atoms with van der Waals surface area (Å²) in [6.07, 6.45) is 0. The first kappa shape index (κ1) is 8.58. The quantitative estimate of drug-likeness (QED) is 0.510. The Morgan fingerprint density at radius 3 is 1.67 bits per heavy atom. The van der Waals surface area contributed by atoms with Crippen molar-refractivity contribution in [3.05, 3.63) is 0 Å². The monoisotopic (exact) mass is 186 g/mol. The van der Waals surface area contributed by atoms with Gasteiger partial charge in [-0.15, -0.1) is 0 Å². The summed E-state index contributed by atoms with van der Waals surface area (Å²) in [4.78, 5) is 21.0. The van der Waals surface area contributed by atoms with Gasteiger partial charge in [0.05, 0.1) is 0 Å². The van der Waals surface area contributed by atoms with Crippen LogP contribution in [0, 0.1) is 0 Å². The van der Waals surface area contributed by atoms with Crippen LogP contribution in [0.25, 0.3) is 0 Å². The molecule has 0 aromatic carbocycles. The zero-order chi connectivity index (χ0) is 7.28. The van der Waals surface area contributed by atoms with Crippen LogP contribution in [0.15, 0.2) is 0 Å². The second-order valence-corrected chi connectivity index (χ2v) is 5.37. The summed E-state index contributed by atoms with van der Waals surface area (Å²) in [6, 6.07) is 0. The molecule has 50 valence electrons. The van der Waals surface area contributed by atoms with Gasteiger partial charge in [0.2, 0.25) is 0 Å². The van der Waals surface area contributed by atoms with Crippen molar-refractivity contribution in [2.45, 2.75) is 9.95 Å². The minimum absolute atomic E-state index is 0.309. The Morgan fingerprint density at radius 1 is 1.11 bits per heavy atom. The Bertz CT molecular complexity index is 112. The Labute approximate surface area is 60.7 Å². The number of carbonyl (C=O) groups excluding carboxylic acids is 2. The zero-order valence-electron chi connectivity index (χ0n) is 5.09. The van der Waals surface area contributed by atoms with Crippen LogP contribution < -0.4 is 11.5 Å². The van der Waals surface area contributed by atoms with Crippen molar-refractivity contribution in [2.24, 2.45) is 11.5 Å². The van der Waals surface area contributed by atoms with Crippen LogP contribution in [-0.4, -0.2) is 29.2 Å². The molecule has 0 unspecified atom stereocenters. The van der Waals surface area contributed by atoms with Gasteiger partial charge in [-0.1, -0.05) is 0 Å². The third-order valence-corrected chi connectivity index (χ3v) is 4.40. The fourth-order valence-electron chi connectivity index (χ4n) is 0.437. The van der Waals surface area contributed by atoms with E-state index >= 15 is 0 Å². The summed E-state index contributed by atoms with van der Waals surface area (Å²) < 4.78 is 0. The normalized spacial score (nSPS) is 8.44. The molecule has 0 spiro atoms. The summed E-state index contributed by atoms with van der Waals surface area (Å²) in [5, 5.41) is 0. The number of hydrogen-bond acceptors (Lipinski definition) is 2. The van der Waals surface area contributed by atoms with E-state index in [0.717, 1.165) is 0 Å². The van der Waals surface area contributed by atoms with Crippen LogP contribution in [0.1, 0.15) is 0 Å². The molecule has 0 bridgehead atoms. The Kier molecular flexibility index (Phi) is 4.25. The molecular formula is C4H9GaN2O2. The molecule has 0 fully saturated rings. The molecule has 0 saturated heterocycles. The molecule has 9 heavy (non-hydrogen) atoms. The van der Waals surface area contributed by atoms with Crippen LogP contribution in [0.4, 0.5) is 0 Å². The maximum absolute atomic E-state index is 10.1. The van der Waals surface area contributed by atoms with Gasteiger partial charge in [0, 0.05) is 0 Å². The number of primary amides is 2. The molecule has 0 aliphatic heterocycles. The molecule has 0 rings (SSSR count). The SMILES string of the molecule is NC(=O)[CH2][GaH][CH2]C(N)=O. The zero-order valence-corrected chi connectivity index (χ0v) is 8.06. The number of hydrogen-bond donors (Lipinski definition) is 2. The summed E-state index contributed by atoms with van der Waals surface area (Å²) in [7, 11) is 0. The Balaban J connectivity index is 3.10. The van der Waals surface area contributed by atoms with Gasteiger partial charge in [0.25, 0.3) is 0 Å². The van der Waals surface area contributed by atoms with E-state index in [4.69, 9.17) is 11.5 Å². The predicted molar refractivity (Wildman–Crippen MR) is 35.2 cm³/mol. The topological polar surface area (TPSA) is 86.2 Å². The average Bonchev–Trinajstić information content (AvgIpc) is 1.63. The molecule has 0 aromatic rings. The fourth-order valence-corrected chi connectivity index (χ4v) is 2.27. The Morgan fingerprint density at radius 2 is 1.44 bits per heavy atom. The van der Waals surface area contributed by atoms with E-state index in [1.165, 1.54) is 0 Å². The molecule has 0 saturated carbocycles. The summed E-state index contributed by atoms with van der Waals surface area (Å²) in [6.45, 7) is 0. The molecule has 2 amide bonds. The summed E-state index contributed by atoms with van der Waals surface area (Å²) in [5.41, 5.74) is 9.67. The van der Waals surface area contributed by atoms with Gasteiger partial charge in [0.1, 0.15) is 0 Å². The van der Waals surface area contributed by atoms with E-state index in [9.17, 15) is 9.59 Å². The fraction of sp³-hybridized carbons (Fsp3) is 0.500. The summed E-state index contributed by atoms with van der Waals surface area (Å²) in [5.74, 6) is -0.618. The number of rotatable bonds is 4. The molecule has 4 N–H and O–H groups in total. The Hall–Kier alpha value is -0.424. The molecule has 4 nitrogen and oxygen atoms in total. The maximum atomic E-state index is 10.1. The van der Waals surface area contributed by atoms with E-state index in [2.05, 4.69) is 0 Å². The first-order chi connectivity index (χ1) is 4.13. The van der Waals surface area contributed by atoms with Crippen molar-refractivity contribution in [1.29, 1.82) is 0 Å². The molecule has 0 radical (unpaired) electrons. The molecule has 0 heterocycles. The van der Waals surface area contributed by atoms with Crippen molar-refractivity contribution < 1.29 is 9.59 Å². The number of carbonyl (C=O) groups is 2. The van der Waals surface area contributed by atoms with E-state index in [1.807, 2.05) is 0 Å². The first-order valence-electron chi connectivity index (χ1n) is 2.69. The second kappa shape index (κ2) is 4.45. The first-order valence-corrected chi connectivity index (χ1v) is 6.89. The van der Waals surface area contributed by atoms with Crippen molar-refractivity contribution >= 4 is 29.2 Å². The van der Waals surface area contributed by atoms with Crippen molar-refractivity contribution in [3.8, 4) is 0 Å². The van der Waals surface area contributed by atoms with Gasteiger partial charge < -0.3 is 0 Å². The van der Waals surface area contributed by atoms with Gasteiger partial charge in [-0.25, -0.2) is 0 Å². The van der Waals surface area contributed by atoms with Crippen LogP contribution in [-0.2, 0) is 9.59 Å². The van der Waals surface area contributed by atoms with Gasteiger partial charge in [-0.05, 0) is 0 Å². The van der Waals surface area contributed by atoms with Gasteiger partial charge in [-0.3, -0.25) is 0 Å². The minimum atomic E-state index is -1.02. The van der Waals surface area contributed by atoms with Gasteiger partial charge >= 0.3 is 60.2 Å². The van der Waals surface area contributed by atoms with E-state index < -0.39 is 17.4 Å². The number of amides is 2. The van der Waals surface area contributed by atoms with Crippen LogP contribution in [0.3, 0.4) is 0 Å². The van der Waals surface area contributed by atoms with E-state index in [0.29, 0.717) is 9.95 Å². The van der Waals surface area contributed by atoms with Crippen molar-refractivity contribution in [2.75, 3.05) is 0 Å². The van der Waals surface area contributed by atoms with Crippen molar-refractivity contribution in [1.82, 2.24) is 0 Å².